The van der Waals surface area contributed by atoms with Gasteiger partial charge >= 0.3 is 4.87 Å². The largest absolute Gasteiger partial charge is 0.483 e. The van der Waals surface area contributed by atoms with Crippen molar-refractivity contribution in [2.45, 2.75) is 29.5 Å². The number of carbonyl (C=O) groups excluding carboxylic acids is 3. The Labute approximate surface area is 276 Å². The quantitative estimate of drug-likeness (QED) is 0.152. The van der Waals surface area contributed by atoms with Crippen molar-refractivity contribution in [1.29, 1.82) is 0 Å². The van der Waals surface area contributed by atoms with Gasteiger partial charge in [-0.1, -0.05) is 47.2 Å². The third kappa shape index (κ3) is 4.78. The molecule has 0 radical (unpaired) electrons. The molecule has 1 aromatic heterocycles. The molecular weight excluding hydrogens is 641 g/mol. The molecule has 3 aromatic carbocycles. The summed E-state index contributed by atoms with van der Waals surface area (Å²) < 4.78 is 6.14. The molecule has 2 bridgehead atoms. The minimum absolute atomic E-state index is 0.0320. The molecule has 2 aliphatic carbocycles. The van der Waals surface area contributed by atoms with Crippen molar-refractivity contribution in [2.75, 3.05) is 16.8 Å². The fourth-order valence-electron chi connectivity index (χ4n) is 8.19. The zero-order valence-electron chi connectivity index (χ0n) is 25.0. The fraction of sp³-hybridized carbons (Fsp3) is 0.294. The standard InChI is InChI=1S/C34H28N4O7S2/c1-16-6-8-17(9-7-16)35-24(39)15-45-23-5-3-2-4-20(23)25-26-21-14-22(29(26)46-31-30(25)47-34(42)36-31)28-27(21)32(40)37(33(28)41)18-10-12-19(13-11-18)38(43)44/h2-13,21-22,25-29H,14-15H2,1H3,(H,35,39)(H,36,42)/t21-,22-,25+,26-,27+,28+,29-/m1/s1. The summed E-state index contributed by atoms with van der Waals surface area (Å²) in [6.07, 6.45) is 0.709. The number of benzene rings is 3. The van der Waals surface area contributed by atoms with Gasteiger partial charge in [0.05, 0.1) is 27.5 Å². The van der Waals surface area contributed by atoms with Gasteiger partial charge in [0.1, 0.15) is 5.75 Å². The van der Waals surface area contributed by atoms with Gasteiger partial charge in [0.2, 0.25) is 11.8 Å². The van der Waals surface area contributed by atoms with Crippen molar-refractivity contribution in [2.24, 2.45) is 29.6 Å². The average Bonchev–Trinajstić information content (AvgIpc) is 3.80. The SMILES string of the molecule is Cc1ccc(NC(=O)COc2ccccc2[C@@H]2c3sc(=O)[nH]c3S[C@@H]3[C@@H]4C[C@@H]([C@@H]5C(=O)N(c6ccc([N+](=O)[O-])cc6)C(=O)[C@@H]45)[C@H]23)cc1. The maximum absolute atomic E-state index is 14.0. The Balaban J connectivity index is 1.11. The van der Waals surface area contributed by atoms with E-state index in [0.717, 1.165) is 32.4 Å². The number of hydrogen-bond acceptors (Lipinski definition) is 9. The molecule has 238 valence electrons. The third-order valence-corrected chi connectivity index (χ3v) is 12.6. The maximum atomic E-state index is 14.0. The summed E-state index contributed by atoms with van der Waals surface area (Å²) in [5.74, 6) is -1.94. The molecule has 4 aromatic rings. The van der Waals surface area contributed by atoms with Crippen molar-refractivity contribution in [3.63, 3.8) is 0 Å². The third-order valence-electron chi connectivity index (χ3n) is 9.99. The number of thioether (sulfide) groups is 1. The van der Waals surface area contributed by atoms with E-state index in [1.54, 1.807) is 11.8 Å². The van der Waals surface area contributed by atoms with Crippen molar-refractivity contribution < 1.29 is 24.0 Å². The molecule has 0 unspecified atom stereocenters. The number of amides is 3. The maximum Gasteiger partial charge on any atom is 0.305 e. The zero-order chi connectivity index (χ0) is 32.6. The number of imide groups is 1. The highest BCUT2D eigenvalue weighted by Crippen LogP contribution is 2.69. The molecule has 3 amide bonds. The second-order valence-electron chi connectivity index (χ2n) is 12.5. The molecular formula is C34H28N4O7S2. The molecule has 4 aliphatic rings. The number of H-pyrrole nitrogens is 1. The van der Waals surface area contributed by atoms with E-state index in [4.69, 9.17) is 4.74 Å². The van der Waals surface area contributed by atoms with E-state index in [1.165, 1.54) is 29.2 Å². The second-order valence-corrected chi connectivity index (χ2v) is 14.7. The average molecular weight is 669 g/mol. The van der Waals surface area contributed by atoms with Gasteiger partial charge in [-0.05, 0) is 61.4 Å². The Hall–Kier alpha value is -4.75. The number of aromatic nitrogens is 1. The Morgan fingerprint density at radius 1 is 1.00 bits per heavy atom. The molecule has 7 atom stereocenters. The van der Waals surface area contributed by atoms with Gasteiger partial charge in [0.15, 0.2) is 6.61 Å². The molecule has 13 heteroatoms. The van der Waals surface area contributed by atoms with Crippen LogP contribution in [0.1, 0.15) is 28.3 Å². The van der Waals surface area contributed by atoms with E-state index in [-0.39, 0.29) is 63.8 Å². The van der Waals surface area contributed by atoms with E-state index >= 15 is 0 Å². The summed E-state index contributed by atoms with van der Waals surface area (Å²) >= 11 is 2.73. The van der Waals surface area contributed by atoms with Gasteiger partial charge < -0.3 is 15.0 Å². The number of nitro groups is 1. The first-order valence-electron chi connectivity index (χ1n) is 15.3. The van der Waals surface area contributed by atoms with Crippen LogP contribution >= 0.6 is 23.1 Å². The number of aromatic amines is 1. The monoisotopic (exact) mass is 668 g/mol. The summed E-state index contributed by atoms with van der Waals surface area (Å²) in [5, 5.41) is 14.8. The Kier molecular flexibility index (Phi) is 7.06. The number of non-ortho nitro benzene ring substituents is 1. The molecule has 1 saturated heterocycles. The number of hydrogen-bond donors (Lipinski definition) is 2. The van der Waals surface area contributed by atoms with Crippen molar-refractivity contribution in [1.82, 2.24) is 4.98 Å². The lowest BCUT2D eigenvalue weighted by atomic mass is 9.68. The predicted molar refractivity (Wildman–Crippen MR) is 176 cm³/mol. The number of anilines is 2. The van der Waals surface area contributed by atoms with Crippen LogP contribution in [-0.2, 0) is 14.4 Å². The Bertz CT molecular complexity index is 2010. The van der Waals surface area contributed by atoms with Gasteiger partial charge in [-0.25, -0.2) is 0 Å². The van der Waals surface area contributed by atoms with E-state index in [2.05, 4.69) is 10.3 Å². The number of aryl methyl sites for hydroxylation is 1. The van der Waals surface area contributed by atoms with E-state index in [9.17, 15) is 29.3 Å². The normalized spacial score (nSPS) is 26.9. The number of carbonyl (C=O) groups is 3. The fourth-order valence-corrected chi connectivity index (χ4v) is 11.1. The second kappa shape index (κ2) is 11.2. The first-order chi connectivity index (χ1) is 22.7. The number of ether oxygens (including phenoxy) is 1. The molecule has 2 aliphatic heterocycles. The van der Waals surface area contributed by atoms with Crippen LogP contribution in [0.5, 0.6) is 5.75 Å². The van der Waals surface area contributed by atoms with E-state index in [0.29, 0.717) is 23.5 Å². The predicted octanol–water partition coefficient (Wildman–Crippen LogP) is 5.35. The molecule has 8 rings (SSSR count). The number of nitrogens with zero attached hydrogens (tertiary/aromatic N) is 2. The van der Waals surface area contributed by atoms with Crippen molar-refractivity contribution >= 4 is 57.9 Å². The lowest BCUT2D eigenvalue weighted by Gasteiger charge is -2.43. The summed E-state index contributed by atoms with van der Waals surface area (Å²) in [5.41, 5.74) is 2.79. The highest BCUT2D eigenvalue weighted by molar-refractivity contribution is 8.00. The van der Waals surface area contributed by atoms with Gasteiger partial charge in [0, 0.05) is 39.4 Å². The summed E-state index contributed by atoms with van der Waals surface area (Å²) in [7, 11) is 0. The first kappa shape index (κ1) is 29.6. The minimum atomic E-state index is -0.530. The first-order valence-corrected chi connectivity index (χ1v) is 17.0. The highest BCUT2D eigenvalue weighted by Gasteiger charge is 2.69. The molecule has 11 nitrogen and oxygen atoms in total. The van der Waals surface area contributed by atoms with Crippen molar-refractivity contribution in [3.8, 4) is 5.75 Å². The molecule has 0 spiro atoms. The van der Waals surface area contributed by atoms with Crippen molar-refractivity contribution in [3.05, 3.63) is 109 Å². The number of para-hydroxylation sites is 1. The molecule has 2 saturated carbocycles. The topological polar surface area (TPSA) is 152 Å². The van der Waals surface area contributed by atoms with Crippen LogP contribution < -0.4 is 19.8 Å². The van der Waals surface area contributed by atoms with Crippen LogP contribution in [0.25, 0.3) is 0 Å². The lowest BCUT2D eigenvalue weighted by Crippen LogP contribution is -2.42. The molecule has 2 N–H and O–H groups in total. The number of rotatable bonds is 7. The van der Waals surface area contributed by atoms with Crippen LogP contribution in [0.4, 0.5) is 17.1 Å². The number of thiazole rings is 1. The van der Waals surface area contributed by atoms with Crippen LogP contribution in [0, 0.1) is 46.6 Å². The Morgan fingerprint density at radius 3 is 2.43 bits per heavy atom. The van der Waals surface area contributed by atoms with E-state index < -0.39 is 16.8 Å². The molecule has 47 heavy (non-hydrogen) atoms. The van der Waals surface area contributed by atoms with Crippen LogP contribution in [-0.4, -0.2) is 39.5 Å². The Morgan fingerprint density at radius 2 is 1.70 bits per heavy atom. The van der Waals surface area contributed by atoms with Crippen LogP contribution in [0.3, 0.4) is 0 Å². The van der Waals surface area contributed by atoms with Gasteiger partial charge in [-0.2, -0.15) is 0 Å². The molecule has 3 fully saturated rings. The number of nitrogens with one attached hydrogen (secondary N) is 2. The van der Waals surface area contributed by atoms with Gasteiger partial charge in [0.25, 0.3) is 11.6 Å². The lowest BCUT2D eigenvalue weighted by molar-refractivity contribution is -0.384. The summed E-state index contributed by atoms with van der Waals surface area (Å²) in [6.45, 7) is 1.75. The van der Waals surface area contributed by atoms with Crippen LogP contribution in [0.15, 0.2) is 82.6 Å². The van der Waals surface area contributed by atoms with Crippen LogP contribution in [0.2, 0.25) is 0 Å². The zero-order valence-corrected chi connectivity index (χ0v) is 26.6. The minimum Gasteiger partial charge on any atom is -0.483 e. The van der Waals surface area contributed by atoms with E-state index in [1.807, 2.05) is 55.5 Å². The highest BCUT2D eigenvalue weighted by atomic mass is 32.2. The molecule has 3 heterocycles. The summed E-state index contributed by atoms with van der Waals surface area (Å²) in [4.78, 5) is 69.0. The van der Waals surface area contributed by atoms with Gasteiger partial charge in [-0.3, -0.25) is 34.2 Å². The smallest absolute Gasteiger partial charge is 0.305 e. The van der Waals surface area contributed by atoms with Gasteiger partial charge in [-0.15, -0.1) is 11.8 Å². The number of nitro benzene ring substituents is 1. The summed E-state index contributed by atoms with van der Waals surface area (Å²) in [6, 6.07) is 20.5. The number of fused-ring (bicyclic) bond motifs is 9.